The lowest BCUT2D eigenvalue weighted by molar-refractivity contribution is 0.148. The number of nitrogens with one attached hydrogen (secondary N) is 1. The average Bonchev–Trinajstić information content (AvgIpc) is 2.44. The maximum atomic E-state index is 12.9. The normalized spacial score (nSPS) is 12.9. The first-order chi connectivity index (χ1) is 9.21. The van der Waals surface area contributed by atoms with Crippen molar-refractivity contribution < 1.29 is 9.13 Å². The molecule has 0 aliphatic heterocycles. The van der Waals surface area contributed by atoms with E-state index in [0.717, 1.165) is 38.2 Å². The Labute approximate surface area is 115 Å². The van der Waals surface area contributed by atoms with Crippen molar-refractivity contribution in [1.29, 1.82) is 0 Å². The molecule has 0 aliphatic carbocycles. The lowest BCUT2D eigenvalue weighted by atomic mass is 10.0. The summed E-state index contributed by atoms with van der Waals surface area (Å²) in [7, 11) is 3.67. The van der Waals surface area contributed by atoms with Crippen molar-refractivity contribution in [3.8, 4) is 0 Å². The van der Waals surface area contributed by atoms with E-state index in [1.807, 2.05) is 19.2 Å². The summed E-state index contributed by atoms with van der Waals surface area (Å²) >= 11 is 0. The third kappa shape index (κ3) is 5.68. The quantitative estimate of drug-likeness (QED) is 0.744. The Morgan fingerprint density at radius 2 is 1.95 bits per heavy atom. The van der Waals surface area contributed by atoms with Gasteiger partial charge >= 0.3 is 0 Å². The molecule has 1 aromatic rings. The van der Waals surface area contributed by atoms with Gasteiger partial charge < -0.3 is 15.0 Å². The summed E-state index contributed by atoms with van der Waals surface area (Å²) in [4.78, 5) is 2.36. The molecule has 0 bridgehead atoms. The zero-order chi connectivity index (χ0) is 14.1. The van der Waals surface area contributed by atoms with Crippen molar-refractivity contribution in [2.45, 2.75) is 19.4 Å². The summed E-state index contributed by atoms with van der Waals surface area (Å²) < 4.78 is 18.0. The minimum atomic E-state index is -0.186. The molecule has 1 atom stereocenters. The van der Waals surface area contributed by atoms with Gasteiger partial charge in [0, 0.05) is 26.2 Å². The van der Waals surface area contributed by atoms with Crippen molar-refractivity contribution in [2.75, 3.05) is 40.4 Å². The molecule has 0 aromatic heterocycles. The maximum absolute atomic E-state index is 12.9. The van der Waals surface area contributed by atoms with Gasteiger partial charge in [0.1, 0.15) is 5.82 Å². The molecule has 0 amide bonds. The number of methoxy groups -OCH3 is 1. The number of nitrogens with zero attached hydrogens (tertiary/aromatic N) is 1. The van der Waals surface area contributed by atoms with Crippen molar-refractivity contribution in [1.82, 2.24) is 10.2 Å². The van der Waals surface area contributed by atoms with Crippen LogP contribution in [-0.4, -0.2) is 45.3 Å². The highest BCUT2D eigenvalue weighted by Crippen LogP contribution is 2.17. The van der Waals surface area contributed by atoms with Crippen LogP contribution < -0.4 is 5.32 Å². The summed E-state index contributed by atoms with van der Waals surface area (Å²) in [6.45, 7) is 5.88. The molecule has 4 heteroatoms. The summed E-state index contributed by atoms with van der Waals surface area (Å²) in [6, 6.07) is 6.99. The molecule has 0 saturated heterocycles. The zero-order valence-electron chi connectivity index (χ0n) is 12.2. The second kappa shape index (κ2) is 9.02. The number of rotatable bonds is 9. The van der Waals surface area contributed by atoms with Crippen LogP contribution in [0.4, 0.5) is 4.39 Å². The fourth-order valence-electron chi connectivity index (χ4n) is 2.13. The number of halogens is 1. The Hall–Kier alpha value is -0.970. The van der Waals surface area contributed by atoms with E-state index in [0.29, 0.717) is 0 Å². The van der Waals surface area contributed by atoms with Gasteiger partial charge in [-0.3, -0.25) is 0 Å². The number of hydrogen-bond donors (Lipinski definition) is 1. The molecule has 1 unspecified atom stereocenters. The number of likely N-dealkylation sites (N-methyl/N-ethyl adjacent to an activating group) is 1. The Morgan fingerprint density at radius 1 is 1.26 bits per heavy atom. The van der Waals surface area contributed by atoms with Crippen LogP contribution >= 0.6 is 0 Å². The molecule has 3 nitrogen and oxygen atoms in total. The SMILES string of the molecule is CCN(CCOC)CCC(NC)c1ccc(F)cc1. The van der Waals surface area contributed by atoms with Gasteiger partial charge in [0.05, 0.1) is 6.61 Å². The second-order valence-corrected chi connectivity index (χ2v) is 4.61. The van der Waals surface area contributed by atoms with Crippen LogP contribution in [0.5, 0.6) is 0 Å². The summed E-state index contributed by atoms with van der Waals surface area (Å²) in [6.07, 6.45) is 1.000. The predicted octanol–water partition coefficient (Wildman–Crippen LogP) is 2.44. The van der Waals surface area contributed by atoms with E-state index in [4.69, 9.17) is 4.74 Å². The lowest BCUT2D eigenvalue weighted by Gasteiger charge is -2.23. The van der Waals surface area contributed by atoms with Gasteiger partial charge in [-0.15, -0.1) is 0 Å². The maximum Gasteiger partial charge on any atom is 0.123 e. The number of benzene rings is 1. The van der Waals surface area contributed by atoms with Crippen molar-refractivity contribution >= 4 is 0 Å². The number of hydrogen-bond acceptors (Lipinski definition) is 3. The molecule has 1 rings (SSSR count). The predicted molar refractivity (Wildman–Crippen MR) is 76.8 cm³/mol. The molecule has 1 aromatic carbocycles. The van der Waals surface area contributed by atoms with Gasteiger partial charge in [0.2, 0.25) is 0 Å². The van der Waals surface area contributed by atoms with Crippen LogP contribution in [0.3, 0.4) is 0 Å². The van der Waals surface area contributed by atoms with E-state index >= 15 is 0 Å². The molecule has 19 heavy (non-hydrogen) atoms. The smallest absolute Gasteiger partial charge is 0.123 e. The Balaban J connectivity index is 2.49. The minimum absolute atomic E-state index is 0.186. The van der Waals surface area contributed by atoms with E-state index in [9.17, 15) is 4.39 Å². The molecule has 0 fully saturated rings. The topological polar surface area (TPSA) is 24.5 Å². The molecular weight excluding hydrogens is 243 g/mol. The Bertz CT molecular complexity index is 343. The molecule has 0 heterocycles. The van der Waals surface area contributed by atoms with Gasteiger partial charge in [-0.1, -0.05) is 19.1 Å². The second-order valence-electron chi connectivity index (χ2n) is 4.61. The van der Waals surface area contributed by atoms with Crippen molar-refractivity contribution in [3.63, 3.8) is 0 Å². The average molecular weight is 268 g/mol. The highest BCUT2D eigenvalue weighted by Gasteiger charge is 2.11. The van der Waals surface area contributed by atoms with E-state index in [1.165, 1.54) is 12.1 Å². The lowest BCUT2D eigenvalue weighted by Crippen LogP contribution is -2.31. The monoisotopic (exact) mass is 268 g/mol. The molecule has 0 spiro atoms. The third-order valence-corrected chi connectivity index (χ3v) is 3.41. The Morgan fingerprint density at radius 3 is 2.47 bits per heavy atom. The summed E-state index contributed by atoms with van der Waals surface area (Å²) in [5.41, 5.74) is 1.13. The van der Waals surface area contributed by atoms with Crippen LogP contribution in [0.2, 0.25) is 0 Å². The molecule has 108 valence electrons. The van der Waals surface area contributed by atoms with Crippen LogP contribution in [0, 0.1) is 5.82 Å². The van der Waals surface area contributed by atoms with Crippen molar-refractivity contribution in [2.24, 2.45) is 0 Å². The molecule has 1 N–H and O–H groups in total. The van der Waals surface area contributed by atoms with Gasteiger partial charge in [-0.25, -0.2) is 4.39 Å². The summed E-state index contributed by atoms with van der Waals surface area (Å²) in [5, 5.41) is 3.29. The van der Waals surface area contributed by atoms with Gasteiger partial charge in [-0.2, -0.15) is 0 Å². The van der Waals surface area contributed by atoms with E-state index in [2.05, 4.69) is 17.1 Å². The third-order valence-electron chi connectivity index (χ3n) is 3.41. The van der Waals surface area contributed by atoms with Crippen LogP contribution in [-0.2, 0) is 4.74 Å². The fourth-order valence-corrected chi connectivity index (χ4v) is 2.13. The fraction of sp³-hybridized carbons (Fsp3) is 0.600. The van der Waals surface area contributed by atoms with Gasteiger partial charge in [-0.05, 0) is 37.7 Å². The van der Waals surface area contributed by atoms with Crippen LogP contribution in [0.25, 0.3) is 0 Å². The van der Waals surface area contributed by atoms with E-state index < -0.39 is 0 Å². The molecule has 0 saturated carbocycles. The van der Waals surface area contributed by atoms with E-state index in [-0.39, 0.29) is 11.9 Å². The molecule has 0 aliphatic rings. The first kappa shape index (κ1) is 16.1. The Kier molecular flexibility index (Phi) is 7.63. The van der Waals surface area contributed by atoms with Crippen molar-refractivity contribution in [3.05, 3.63) is 35.6 Å². The molecule has 0 radical (unpaired) electrons. The van der Waals surface area contributed by atoms with Crippen LogP contribution in [0.1, 0.15) is 24.9 Å². The highest BCUT2D eigenvalue weighted by atomic mass is 19.1. The molecular formula is C15H25FN2O. The standard InChI is InChI=1S/C15H25FN2O/c1-4-18(11-12-19-3)10-9-15(17-2)13-5-7-14(16)8-6-13/h5-8,15,17H,4,9-12H2,1-3H3. The number of ether oxygens (including phenoxy) is 1. The van der Waals surface area contributed by atoms with Gasteiger partial charge in [0.15, 0.2) is 0 Å². The summed E-state index contributed by atoms with van der Waals surface area (Å²) in [5.74, 6) is -0.186. The first-order valence-electron chi connectivity index (χ1n) is 6.85. The highest BCUT2D eigenvalue weighted by molar-refractivity contribution is 5.19. The first-order valence-corrected chi connectivity index (χ1v) is 6.85. The largest absolute Gasteiger partial charge is 0.383 e. The minimum Gasteiger partial charge on any atom is -0.383 e. The zero-order valence-corrected chi connectivity index (χ0v) is 12.2. The van der Waals surface area contributed by atoms with E-state index in [1.54, 1.807) is 7.11 Å². The van der Waals surface area contributed by atoms with Crippen LogP contribution in [0.15, 0.2) is 24.3 Å². The van der Waals surface area contributed by atoms with Gasteiger partial charge in [0.25, 0.3) is 0 Å².